The molecule has 0 unspecified atom stereocenters. The number of nitrogens with zero attached hydrogens (tertiary/aromatic N) is 1. The van der Waals surface area contributed by atoms with Gasteiger partial charge in [-0.15, -0.1) is 0 Å². The van der Waals surface area contributed by atoms with Gasteiger partial charge in [-0.05, 0) is 53.9 Å². The second-order valence-corrected chi connectivity index (χ2v) is 6.43. The molecule has 0 bridgehead atoms. The van der Waals surface area contributed by atoms with Crippen LogP contribution in [0, 0.1) is 11.3 Å². The second-order valence-electron chi connectivity index (χ2n) is 4.66. The van der Waals surface area contributed by atoms with Crippen molar-refractivity contribution >= 4 is 43.8 Å². The normalized spacial score (nSPS) is 14.5. The minimum atomic E-state index is -0.335. The Bertz CT molecular complexity index is 631. The molecule has 0 heterocycles. The number of amides is 1. The zero-order valence-corrected chi connectivity index (χ0v) is 14.6. The van der Waals surface area contributed by atoms with E-state index < -0.39 is 0 Å². The molecule has 2 rings (SSSR count). The van der Waals surface area contributed by atoms with Gasteiger partial charge < -0.3 is 10.1 Å². The van der Waals surface area contributed by atoms with Crippen LogP contribution >= 0.6 is 31.9 Å². The number of carbonyl (C=O) groups excluding carboxylic acids is 1. The van der Waals surface area contributed by atoms with Crippen molar-refractivity contribution in [2.24, 2.45) is 0 Å². The molecule has 0 spiro atoms. The van der Waals surface area contributed by atoms with Gasteiger partial charge in [0, 0.05) is 16.1 Å². The average molecular weight is 414 g/mol. The highest BCUT2D eigenvalue weighted by Crippen LogP contribution is 2.34. The van der Waals surface area contributed by atoms with Gasteiger partial charge in [-0.3, -0.25) is 4.79 Å². The topological polar surface area (TPSA) is 62.1 Å². The highest BCUT2D eigenvalue weighted by Gasteiger charge is 2.25. The molecule has 0 radical (unpaired) electrons. The van der Waals surface area contributed by atoms with E-state index in [1.807, 2.05) is 25.1 Å². The van der Waals surface area contributed by atoms with E-state index in [4.69, 9.17) is 4.74 Å². The third kappa shape index (κ3) is 4.32. The maximum Gasteiger partial charge on any atom is 0.262 e. The SMILES string of the molecule is CCOc1c(Br)cc(Br)cc1/C=C(\C#N)C(=O)NC1CC1. The van der Waals surface area contributed by atoms with E-state index >= 15 is 0 Å². The summed E-state index contributed by atoms with van der Waals surface area (Å²) in [4.78, 5) is 12.0. The molecule has 1 N–H and O–H groups in total. The molecule has 6 heteroatoms. The Morgan fingerprint density at radius 1 is 1.52 bits per heavy atom. The van der Waals surface area contributed by atoms with Gasteiger partial charge in [-0.25, -0.2) is 0 Å². The Balaban J connectivity index is 2.36. The molecule has 21 heavy (non-hydrogen) atoms. The molecule has 0 saturated heterocycles. The Hall–Kier alpha value is -1.32. The van der Waals surface area contributed by atoms with E-state index in [9.17, 15) is 10.1 Å². The van der Waals surface area contributed by atoms with Crippen molar-refractivity contribution in [2.45, 2.75) is 25.8 Å². The van der Waals surface area contributed by atoms with Crippen molar-refractivity contribution in [3.63, 3.8) is 0 Å². The molecule has 0 aromatic heterocycles. The number of nitriles is 1. The van der Waals surface area contributed by atoms with Gasteiger partial charge in [-0.2, -0.15) is 5.26 Å². The first-order chi connectivity index (χ1) is 10.0. The first-order valence-electron chi connectivity index (χ1n) is 6.59. The summed E-state index contributed by atoms with van der Waals surface area (Å²) in [6.07, 6.45) is 3.52. The van der Waals surface area contributed by atoms with Crippen molar-refractivity contribution < 1.29 is 9.53 Å². The fraction of sp³-hybridized carbons (Fsp3) is 0.333. The highest BCUT2D eigenvalue weighted by molar-refractivity contribution is 9.11. The summed E-state index contributed by atoms with van der Waals surface area (Å²) in [5.41, 5.74) is 0.758. The Morgan fingerprint density at radius 3 is 2.81 bits per heavy atom. The molecule has 0 atom stereocenters. The number of carbonyl (C=O) groups is 1. The lowest BCUT2D eigenvalue weighted by molar-refractivity contribution is -0.117. The maximum absolute atomic E-state index is 12.0. The third-order valence-corrected chi connectivity index (χ3v) is 3.95. The number of hydrogen-bond donors (Lipinski definition) is 1. The summed E-state index contributed by atoms with van der Waals surface area (Å²) in [5.74, 6) is 0.284. The van der Waals surface area contributed by atoms with E-state index in [0.717, 1.165) is 21.8 Å². The van der Waals surface area contributed by atoms with Crippen LogP contribution in [0.5, 0.6) is 5.75 Å². The largest absolute Gasteiger partial charge is 0.492 e. The summed E-state index contributed by atoms with van der Waals surface area (Å²) in [7, 11) is 0. The third-order valence-electron chi connectivity index (χ3n) is 2.90. The van der Waals surface area contributed by atoms with Gasteiger partial charge in [0.15, 0.2) is 0 Å². The Morgan fingerprint density at radius 2 is 2.24 bits per heavy atom. The molecule has 1 amide bonds. The van der Waals surface area contributed by atoms with Crippen LogP contribution in [0.3, 0.4) is 0 Å². The number of rotatable bonds is 5. The smallest absolute Gasteiger partial charge is 0.262 e. The summed E-state index contributed by atoms with van der Waals surface area (Å²) in [6.45, 7) is 2.38. The zero-order chi connectivity index (χ0) is 15.4. The molecule has 0 aliphatic heterocycles. The zero-order valence-electron chi connectivity index (χ0n) is 11.5. The van der Waals surface area contributed by atoms with Crippen LogP contribution < -0.4 is 10.1 Å². The lowest BCUT2D eigenvalue weighted by Crippen LogP contribution is -2.26. The van der Waals surface area contributed by atoms with Crippen molar-refractivity contribution in [2.75, 3.05) is 6.61 Å². The monoisotopic (exact) mass is 412 g/mol. The maximum atomic E-state index is 12.0. The fourth-order valence-electron chi connectivity index (χ4n) is 1.78. The quantitative estimate of drug-likeness (QED) is 0.589. The molecule has 1 aromatic carbocycles. The number of benzene rings is 1. The van der Waals surface area contributed by atoms with Crippen LogP contribution in [0.4, 0.5) is 0 Å². The van der Waals surface area contributed by atoms with E-state index in [-0.39, 0.29) is 17.5 Å². The summed E-state index contributed by atoms with van der Waals surface area (Å²) < 4.78 is 7.19. The lowest BCUT2D eigenvalue weighted by atomic mass is 10.1. The van der Waals surface area contributed by atoms with Crippen LogP contribution in [0.1, 0.15) is 25.3 Å². The van der Waals surface area contributed by atoms with Gasteiger partial charge in [0.2, 0.25) is 0 Å². The molecule has 1 aliphatic carbocycles. The van der Waals surface area contributed by atoms with Gasteiger partial charge in [0.05, 0.1) is 11.1 Å². The van der Waals surface area contributed by atoms with Crippen molar-refractivity contribution in [1.29, 1.82) is 5.26 Å². The number of ether oxygens (including phenoxy) is 1. The van der Waals surface area contributed by atoms with Crippen LogP contribution in [0.25, 0.3) is 6.08 Å². The summed E-state index contributed by atoms with van der Waals surface area (Å²) in [5, 5.41) is 12.0. The number of halogens is 2. The molecular formula is C15H14Br2N2O2. The van der Waals surface area contributed by atoms with Crippen LogP contribution in [0.2, 0.25) is 0 Å². The highest BCUT2D eigenvalue weighted by atomic mass is 79.9. The molecule has 1 aromatic rings. The Labute approximate surface area is 140 Å². The Kier molecular flexibility index (Phi) is 5.43. The fourth-order valence-corrected chi connectivity index (χ4v) is 3.15. The van der Waals surface area contributed by atoms with Crippen molar-refractivity contribution in [3.05, 3.63) is 32.2 Å². The molecule has 4 nitrogen and oxygen atoms in total. The number of hydrogen-bond acceptors (Lipinski definition) is 3. The van der Waals surface area contributed by atoms with E-state index in [2.05, 4.69) is 37.2 Å². The molecule has 110 valence electrons. The first-order valence-corrected chi connectivity index (χ1v) is 8.18. The average Bonchev–Trinajstić information content (AvgIpc) is 3.23. The van der Waals surface area contributed by atoms with Gasteiger partial charge >= 0.3 is 0 Å². The van der Waals surface area contributed by atoms with Gasteiger partial charge in [0.25, 0.3) is 5.91 Å². The first kappa shape index (κ1) is 16.1. The predicted octanol–water partition coefficient (Wildman–Crippen LogP) is 3.80. The van der Waals surface area contributed by atoms with Gasteiger partial charge in [0.1, 0.15) is 17.4 Å². The van der Waals surface area contributed by atoms with Crippen molar-refractivity contribution in [1.82, 2.24) is 5.32 Å². The molecule has 1 aliphatic rings. The van der Waals surface area contributed by atoms with E-state index in [1.165, 1.54) is 0 Å². The van der Waals surface area contributed by atoms with Crippen LogP contribution in [0.15, 0.2) is 26.7 Å². The minimum absolute atomic E-state index is 0.0767. The van der Waals surface area contributed by atoms with Crippen LogP contribution in [-0.4, -0.2) is 18.6 Å². The molecular weight excluding hydrogens is 400 g/mol. The minimum Gasteiger partial charge on any atom is -0.492 e. The standard InChI is InChI=1S/C15H14Br2N2O2/c1-2-21-14-9(6-11(16)7-13(14)17)5-10(8-18)15(20)19-12-3-4-12/h5-7,12H,2-4H2,1H3,(H,19,20)/b10-5+. The number of nitrogens with one attached hydrogen (secondary N) is 1. The summed E-state index contributed by atoms with van der Waals surface area (Å²) >= 11 is 6.83. The lowest BCUT2D eigenvalue weighted by Gasteiger charge is -2.11. The van der Waals surface area contributed by atoms with E-state index in [1.54, 1.807) is 6.08 Å². The molecule has 1 fully saturated rings. The second kappa shape index (κ2) is 7.10. The summed E-state index contributed by atoms with van der Waals surface area (Å²) in [6, 6.07) is 5.85. The predicted molar refractivity (Wildman–Crippen MR) is 87.8 cm³/mol. The van der Waals surface area contributed by atoms with E-state index in [0.29, 0.717) is 17.9 Å². The van der Waals surface area contributed by atoms with Crippen molar-refractivity contribution in [3.8, 4) is 11.8 Å². The van der Waals surface area contributed by atoms with Gasteiger partial charge in [-0.1, -0.05) is 15.9 Å². The van der Waals surface area contributed by atoms with Crippen LogP contribution in [-0.2, 0) is 4.79 Å². The molecule has 1 saturated carbocycles.